The van der Waals surface area contributed by atoms with Gasteiger partial charge < -0.3 is 14.5 Å². The highest BCUT2D eigenvalue weighted by atomic mass is 79.9. The monoisotopic (exact) mass is 443 g/mol. The number of carbonyl (C=O) groups excluding carboxylic acids is 2. The zero-order chi connectivity index (χ0) is 19.7. The summed E-state index contributed by atoms with van der Waals surface area (Å²) >= 11 is 3.41. The molecule has 4 rings (SSSR count). The SMILES string of the molecule is CN1CCN(C(=O)CN2C(=O)COc3cc(Br)ccc32)C(c2ccccc2)C1. The Morgan fingerprint density at radius 3 is 2.75 bits per heavy atom. The number of hydrogen-bond acceptors (Lipinski definition) is 4. The minimum atomic E-state index is -0.200. The van der Waals surface area contributed by atoms with Crippen LogP contribution in [-0.4, -0.2) is 61.4 Å². The van der Waals surface area contributed by atoms with Gasteiger partial charge in [0.1, 0.15) is 12.3 Å². The summed E-state index contributed by atoms with van der Waals surface area (Å²) in [5.41, 5.74) is 1.75. The summed E-state index contributed by atoms with van der Waals surface area (Å²) in [4.78, 5) is 31.4. The Morgan fingerprint density at radius 1 is 1.18 bits per heavy atom. The second-order valence-electron chi connectivity index (χ2n) is 7.16. The second kappa shape index (κ2) is 7.93. The van der Waals surface area contributed by atoms with Crippen molar-refractivity contribution in [1.82, 2.24) is 9.80 Å². The number of carbonyl (C=O) groups is 2. The molecular weight excluding hydrogens is 422 g/mol. The Kier molecular flexibility index (Phi) is 5.37. The number of likely N-dealkylation sites (N-methyl/N-ethyl adjacent to an activating group) is 1. The van der Waals surface area contributed by atoms with E-state index in [0.29, 0.717) is 18.0 Å². The zero-order valence-corrected chi connectivity index (χ0v) is 17.3. The maximum atomic E-state index is 13.2. The van der Waals surface area contributed by atoms with Gasteiger partial charge in [0.2, 0.25) is 5.91 Å². The normalized spacial score (nSPS) is 19.9. The van der Waals surface area contributed by atoms with E-state index in [1.54, 1.807) is 0 Å². The third kappa shape index (κ3) is 3.77. The molecule has 2 aliphatic heterocycles. The van der Waals surface area contributed by atoms with E-state index in [2.05, 4.69) is 40.0 Å². The third-order valence-electron chi connectivity index (χ3n) is 5.25. The number of amides is 2. The summed E-state index contributed by atoms with van der Waals surface area (Å²) < 4.78 is 6.40. The fourth-order valence-corrected chi connectivity index (χ4v) is 4.10. The van der Waals surface area contributed by atoms with Crippen molar-refractivity contribution in [2.24, 2.45) is 0 Å². The lowest BCUT2D eigenvalue weighted by Crippen LogP contribution is -2.53. The average molecular weight is 444 g/mol. The van der Waals surface area contributed by atoms with Crippen LogP contribution < -0.4 is 9.64 Å². The van der Waals surface area contributed by atoms with Crippen molar-refractivity contribution in [2.45, 2.75) is 6.04 Å². The van der Waals surface area contributed by atoms with Crippen molar-refractivity contribution in [3.63, 3.8) is 0 Å². The predicted molar refractivity (Wildman–Crippen MR) is 110 cm³/mol. The zero-order valence-electron chi connectivity index (χ0n) is 15.7. The standard InChI is InChI=1S/C21H22BrN3O3/c1-23-9-10-24(18(12-23)15-5-3-2-4-6-15)20(26)13-25-17-8-7-16(22)11-19(17)28-14-21(25)27/h2-8,11,18H,9-10,12-14H2,1H3. The van der Waals surface area contributed by atoms with Crippen molar-refractivity contribution < 1.29 is 14.3 Å². The molecule has 146 valence electrons. The van der Waals surface area contributed by atoms with E-state index in [1.807, 2.05) is 41.3 Å². The number of halogens is 1. The van der Waals surface area contributed by atoms with Gasteiger partial charge in [-0.1, -0.05) is 46.3 Å². The Balaban J connectivity index is 1.58. The Bertz CT molecular complexity index is 890. The van der Waals surface area contributed by atoms with E-state index in [0.717, 1.165) is 23.1 Å². The van der Waals surface area contributed by atoms with Crippen LogP contribution in [0.3, 0.4) is 0 Å². The first-order valence-electron chi connectivity index (χ1n) is 9.28. The van der Waals surface area contributed by atoms with Crippen LogP contribution >= 0.6 is 15.9 Å². The van der Waals surface area contributed by atoms with E-state index in [9.17, 15) is 9.59 Å². The van der Waals surface area contributed by atoms with Crippen LogP contribution in [0, 0.1) is 0 Å². The molecule has 1 fully saturated rings. The van der Waals surface area contributed by atoms with Crippen LogP contribution in [0.5, 0.6) is 5.75 Å². The molecular formula is C21H22BrN3O3. The van der Waals surface area contributed by atoms with E-state index in [4.69, 9.17) is 4.74 Å². The van der Waals surface area contributed by atoms with Crippen LogP contribution in [0.15, 0.2) is 53.0 Å². The number of fused-ring (bicyclic) bond motifs is 1. The molecule has 1 saturated heterocycles. The van der Waals surface area contributed by atoms with Crippen molar-refractivity contribution in [1.29, 1.82) is 0 Å². The topological polar surface area (TPSA) is 53.1 Å². The smallest absolute Gasteiger partial charge is 0.265 e. The van der Waals surface area contributed by atoms with E-state index in [-0.39, 0.29) is 31.0 Å². The maximum Gasteiger partial charge on any atom is 0.265 e. The number of nitrogens with zero attached hydrogens (tertiary/aromatic N) is 3. The Labute approximate surface area is 172 Å². The minimum Gasteiger partial charge on any atom is -0.482 e. The van der Waals surface area contributed by atoms with E-state index < -0.39 is 0 Å². The largest absolute Gasteiger partial charge is 0.482 e. The van der Waals surface area contributed by atoms with Gasteiger partial charge in [-0.3, -0.25) is 14.5 Å². The summed E-state index contributed by atoms with van der Waals surface area (Å²) in [6, 6.07) is 15.5. The molecule has 0 spiro atoms. The molecule has 1 atom stereocenters. The summed E-state index contributed by atoms with van der Waals surface area (Å²) in [6.45, 7) is 2.19. The first kappa shape index (κ1) is 19.0. The van der Waals surface area contributed by atoms with Crippen molar-refractivity contribution in [3.8, 4) is 5.75 Å². The van der Waals surface area contributed by atoms with Gasteiger partial charge in [0.25, 0.3) is 5.91 Å². The fraction of sp³-hybridized carbons (Fsp3) is 0.333. The van der Waals surface area contributed by atoms with Gasteiger partial charge >= 0.3 is 0 Å². The number of piperazine rings is 1. The van der Waals surface area contributed by atoms with Gasteiger partial charge in [0.15, 0.2) is 6.61 Å². The first-order valence-corrected chi connectivity index (χ1v) is 10.1. The summed E-state index contributed by atoms with van der Waals surface area (Å²) in [5.74, 6) is 0.361. The van der Waals surface area contributed by atoms with Crippen molar-refractivity contribution >= 4 is 33.4 Å². The maximum absolute atomic E-state index is 13.2. The molecule has 0 aromatic heterocycles. The lowest BCUT2D eigenvalue weighted by molar-refractivity contribution is -0.136. The molecule has 2 heterocycles. The molecule has 0 aliphatic carbocycles. The average Bonchev–Trinajstić information content (AvgIpc) is 2.70. The van der Waals surface area contributed by atoms with Gasteiger partial charge in [-0.15, -0.1) is 0 Å². The number of hydrogen-bond donors (Lipinski definition) is 0. The summed E-state index contributed by atoms with van der Waals surface area (Å²) in [5, 5.41) is 0. The van der Waals surface area contributed by atoms with Gasteiger partial charge in [0.05, 0.1) is 11.7 Å². The van der Waals surface area contributed by atoms with Gasteiger partial charge in [-0.05, 0) is 30.8 Å². The molecule has 7 heteroatoms. The molecule has 1 unspecified atom stereocenters. The Morgan fingerprint density at radius 2 is 1.96 bits per heavy atom. The molecule has 0 saturated carbocycles. The molecule has 6 nitrogen and oxygen atoms in total. The third-order valence-corrected chi connectivity index (χ3v) is 5.74. The predicted octanol–water partition coefficient (Wildman–Crippen LogP) is 2.69. The molecule has 0 N–H and O–H groups in total. The molecule has 2 aromatic rings. The van der Waals surface area contributed by atoms with Gasteiger partial charge in [-0.25, -0.2) is 0 Å². The first-order chi connectivity index (χ1) is 13.5. The number of ether oxygens (including phenoxy) is 1. The molecule has 0 bridgehead atoms. The van der Waals surface area contributed by atoms with Crippen LogP contribution in [0.4, 0.5) is 5.69 Å². The fourth-order valence-electron chi connectivity index (χ4n) is 3.76. The highest BCUT2D eigenvalue weighted by molar-refractivity contribution is 9.10. The molecule has 2 amide bonds. The quantitative estimate of drug-likeness (QED) is 0.731. The molecule has 0 radical (unpaired) electrons. The van der Waals surface area contributed by atoms with Crippen LogP contribution in [0.1, 0.15) is 11.6 Å². The highest BCUT2D eigenvalue weighted by Gasteiger charge is 2.34. The number of benzene rings is 2. The lowest BCUT2D eigenvalue weighted by atomic mass is 10.0. The van der Waals surface area contributed by atoms with Crippen LogP contribution in [-0.2, 0) is 9.59 Å². The van der Waals surface area contributed by atoms with E-state index in [1.165, 1.54) is 4.90 Å². The Hall–Kier alpha value is -2.38. The number of rotatable bonds is 3. The van der Waals surface area contributed by atoms with Crippen LogP contribution in [0.2, 0.25) is 0 Å². The van der Waals surface area contributed by atoms with Gasteiger partial charge in [0, 0.05) is 24.1 Å². The van der Waals surface area contributed by atoms with Gasteiger partial charge in [-0.2, -0.15) is 0 Å². The second-order valence-corrected chi connectivity index (χ2v) is 8.07. The molecule has 28 heavy (non-hydrogen) atoms. The minimum absolute atomic E-state index is 0.0177. The van der Waals surface area contributed by atoms with E-state index >= 15 is 0 Å². The number of anilines is 1. The van der Waals surface area contributed by atoms with Crippen molar-refractivity contribution in [3.05, 3.63) is 58.6 Å². The molecule has 2 aromatic carbocycles. The summed E-state index contributed by atoms with van der Waals surface area (Å²) in [6.07, 6.45) is 0. The van der Waals surface area contributed by atoms with Crippen molar-refractivity contribution in [2.75, 3.05) is 44.7 Å². The highest BCUT2D eigenvalue weighted by Crippen LogP contribution is 2.35. The summed E-state index contributed by atoms with van der Waals surface area (Å²) in [7, 11) is 2.07. The lowest BCUT2D eigenvalue weighted by Gasteiger charge is -2.41. The van der Waals surface area contributed by atoms with Crippen LogP contribution in [0.25, 0.3) is 0 Å². The molecule has 2 aliphatic rings.